The SMILES string of the molecule is CNC(=O)c1cc2c(F)c(F)c(F)cc2[nH]1. The molecule has 6 heteroatoms. The second kappa shape index (κ2) is 3.55. The normalized spacial score (nSPS) is 10.8. The molecule has 2 aromatic rings. The van der Waals surface area contributed by atoms with E-state index < -0.39 is 23.4 Å². The first-order valence-corrected chi connectivity index (χ1v) is 4.43. The molecule has 2 N–H and O–H groups in total. The second-order valence-electron chi connectivity index (χ2n) is 3.21. The molecule has 1 amide bonds. The summed E-state index contributed by atoms with van der Waals surface area (Å²) in [5.41, 5.74) is 0.0800. The number of rotatable bonds is 1. The van der Waals surface area contributed by atoms with Crippen molar-refractivity contribution in [2.24, 2.45) is 0 Å². The maximum absolute atomic E-state index is 13.3. The standard InChI is InChI=1S/C10H7F3N2O/c1-14-10(16)7-2-4-6(15-7)3-5(11)9(13)8(4)12/h2-3,15H,1H3,(H,14,16). The molecule has 16 heavy (non-hydrogen) atoms. The number of nitrogens with one attached hydrogen (secondary N) is 2. The molecular formula is C10H7F3N2O. The zero-order valence-corrected chi connectivity index (χ0v) is 8.20. The summed E-state index contributed by atoms with van der Waals surface area (Å²) in [5.74, 6) is -4.64. The van der Waals surface area contributed by atoms with Gasteiger partial charge in [0.1, 0.15) is 5.69 Å². The van der Waals surface area contributed by atoms with Crippen molar-refractivity contribution in [3.8, 4) is 0 Å². The first-order chi connectivity index (χ1) is 7.54. The van der Waals surface area contributed by atoms with Gasteiger partial charge in [-0.3, -0.25) is 4.79 Å². The van der Waals surface area contributed by atoms with E-state index in [-0.39, 0.29) is 16.6 Å². The minimum atomic E-state index is -1.55. The molecular weight excluding hydrogens is 221 g/mol. The lowest BCUT2D eigenvalue weighted by molar-refractivity contribution is 0.0959. The van der Waals surface area contributed by atoms with E-state index in [0.717, 1.165) is 12.1 Å². The Hall–Kier alpha value is -1.98. The predicted octanol–water partition coefficient (Wildman–Crippen LogP) is 1.94. The van der Waals surface area contributed by atoms with Crippen molar-refractivity contribution in [2.45, 2.75) is 0 Å². The number of halogens is 3. The van der Waals surface area contributed by atoms with E-state index >= 15 is 0 Å². The fourth-order valence-corrected chi connectivity index (χ4v) is 1.44. The van der Waals surface area contributed by atoms with E-state index in [1.165, 1.54) is 7.05 Å². The lowest BCUT2D eigenvalue weighted by Gasteiger charge is -1.95. The van der Waals surface area contributed by atoms with Gasteiger partial charge in [0, 0.05) is 18.5 Å². The van der Waals surface area contributed by atoms with E-state index in [0.29, 0.717) is 0 Å². The highest BCUT2D eigenvalue weighted by Crippen LogP contribution is 2.23. The maximum Gasteiger partial charge on any atom is 0.267 e. The lowest BCUT2D eigenvalue weighted by atomic mass is 10.2. The van der Waals surface area contributed by atoms with Crippen LogP contribution in [0.1, 0.15) is 10.5 Å². The molecule has 0 unspecified atom stereocenters. The number of aromatic amines is 1. The molecule has 0 bridgehead atoms. The van der Waals surface area contributed by atoms with E-state index in [4.69, 9.17) is 0 Å². The van der Waals surface area contributed by atoms with Crippen LogP contribution in [-0.4, -0.2) is 17.9 Å². The Bertz CT molecular complexity index is 577. The summed E-state index contributed by atoms with van der Waals surface area (Å²) in [4.78, 5) is 13.7. The van der Waals surface area contributed by atoms with Crippen molar-refractivity contribution < 1.29 is 18.0 Å². The van der Waals surface area contributed by atoms with Crippen molar-refractivity contribution in [1.82, 2.24) is 10.3 Å². The Morgan fingerprint density at radius 3 is 2.56 bits per heavy atom. The summed E-state index contributed by atoms with van der Waals surface area (Å²) in [6, 6.07) is 1.94. The van der Waals surface area contributed by atoms with Crippen LogP contribution in [0.4, 0.5) is 13.2 Å². The van der Waals surface area contributed by atoms with Crippen LogP contribution in [0, 0.1) is 17.5 Å². The topological polar surface area (TPSA) is 44.9 Å². The van der Waals surface area contributed by atoms with Gasteiger partial charge in [-0.1, -0.05) is 0 Å². The maximum atomic E-state index is 13.3. The summed E-state index contributed by atoms with van der Waals surface area (Å²) in [5, 5.41) is 2.16. The smallest absolute Gasteiger partial charge is 0.267 e. The average Bonchev–Trinajstić information content (AvgIpc) is 2.69. The van der Waals surface area contributed by atoms with Gasteiger partial charge in [0.2, 0.25) is 0 Å². The minimum Gasteiger partial charge on any atom is -0.354 e. The van der Waals surface area contributed by atoms with Gasteiger partial charge in [-0.2, -0.15) is 0 Å². The molecule has 1 aromatic heterocycles. The first-order valence-electron chi connectivity index (χ1n) is 4.43. The number of H-pyrrole nitrogens is 1. The third kappa shape index (κ3) is 1.42. The van der Waals surface area contributed by atoms with Crippen molar-refractivity contribution >= 4 is 16.8 Å². The monoisotopic (exact) mass is 228 g/mol. The number of hydrogen-bond acceptors (Lipinski definition) is 1. The molecule has 0 aliphatic heterocycles. The molecule has 0 atom stereocenters. The van der Waals surface area contributed by atoms with Crippen LogP contribution in [0.5, 0.6) is 0 Å². The summed E-state index contributed by atoms with van der Waals surface area (Å²) >= 11 is 0. The first kappa shape index (κ1) is 10.5. The van der Waals surface area contributed by atoms with E-state index in [1.54, 1.807) is 0 Å². The largest absolute Gasteiger partial charge is 0.354 e. The van der Waals surface area contributed by atoms with Gasteiger partial charge >= 0.3 is 0 Å². The molecule has 0 spiro atoms. The van der Waals surface area contributed by atoms with Gasteiger partial charge < -0.3 is 10.3 Å². The van der Waals surface area contributed by atoms with Crippen molar-refractivity contribution in [1.29, 1.82) is 0 Å². The zero-order valence-electron chi connectivity index (χ0n) is 8.20. The Morgan fingerprint density at radius 1 is 1.25 bits per heavy atom. The molecule has 0 aliphatic carbocycles. The van der Waals surface area contributed by atoms with Crippen LogP contribution in [0.25, 0.3) is 10.9 Å². The summed E-state index contributed by atoms with van der Waals surface area (Å²) in [6.07, 6.45) is 0. The van der Waals surface area contributed by atoms with E-state index in [2.05, 4.69) is 10.3 Å². The molecule has 0 saturated carbocycles. The zero-order chi connectivity index (χ0) is 11.9. The van der Waals surface area contributed by atoms with Gasteiger partial charge in [-0.25, -0.2) is 13.2 Å². The molecule has 1 heterocycles. The van der Waals surface area contributed by atoms with E-state index in [9.17, 15) is 18.0 Å². The van der Waals surface area contributed by atoms with Gasteiger partial charge in [-0.15, -0.1) is 0 Å². The molecule has 0 aliphatic rings. The van der Waals surface area contributed by atoms with Gasteiger partial charge in [0.05, 0.1) is 5.52 Å². The highest BCUT2D eigenvalue weighted by molar-refractivity contribution is 5.98. The van der Waals surface area contributed by atoms with Crippen LogP contribution >= 0.6 is 0 Å². The van der Waals surface area contributed by atoms with Crippen LogP contribution in [0.3, 0.4) is 0 Å². The van der Waals surface area contributed by atoms with Gasteiger partial charge in [-0.05, 0) is 6.07 Å². The predicted molar refractivity (Wildman–Crippen MR) is 51.6 cm³/mol. The number of fused-ring (bicyclic) bond motifs is 1. The third-order valence-electron chi connectivity index (χ3n) is 2.23. The summed E-state index contributed by atoms with van der Waals surface area (Å²) in [6.45, 7) is 0. The summed E-state index contributed by atoms with van der Waals surface area (Å²) < 4.78 is 39.0. The van der Waals surface area contributed by atoms with Crippen LogP contribution in [0.15, 0.2) is 12.1 Å². The third-order valence-corrected chi connectivity index (χ3v) is 2.23. The van der Waals surface area contributed by atoms with Crippen LogP contribution in [-0.2, 0) is 0 Å². The number of hydrogen-bond donors (Lipinski definition) is 2. The molecule has 1 aromatic carbocycles. The fourth-order valence-electron chi connectivity index (χ4n) is 1.44. The minimum absolute atomic E-state index is 0.0370. The average molecular weight is 228 g/mol. The molecule has 84 valence electrons. The number of aromatic nitrogens is 1. The molecule has 3 nitrogen and oxygen atoms in total. The number of amides is 1. The van der Waals surface area contributed by atoms with Crippen molar-refractivity contribution in [3.63, 3.8) is 0 Å². The number of carbonyl (C=O) groups is 1. The lowest BCUT2D eigenvalue weighted by Crippen LogP contribution is -2.17. The fraction of sp³-hybridized carbons (Fsp3) is 0.100. The second-order valence-corrected chi connectivity index (χ2v) is 3.21. The Balaban J connectivity index is 2.71. The summed E-state index contributed by atoms with van der Waals surface area (Å²) in [7, 11) is 1.39. The quantitative estimate of drug-likeness (QED) is 0.720. The van der Waals surface area contributed by atoms with Gasteiger partial charge in [0.25, 0.3) is 5.91 Å². The highest BCUT2D eigenvalue weighted by Gasteiger charge is 2.17. The Morgan fingerprint density at radius 2 is 1.94 bits per heavy atom. The number of carbonyl (C=O) groups excluding carboxylic acids is 1. The Kier molecular flexibility index (Phi) is 2.34. The van der Waals surface area contributed by atoms with Crippen LogP contribution < -0.4 is 5.32 Å². The molecule has 0 fully saturated rings. The molecule has 0 radical (unpaired) electrons. The van der Waals surface area contributed by atoms with Gasteiger partial charge in [0.15, 0.2) is 17.5 Å². The highest BCUT2D eigenvalue weighted by atomic mass is 19.2. The molecule has 2 rings (SSSR count). The number of benzene rings is 1. The van der Waals surface area contributed by atoms with E-state index in [1.807, 2.05) is 0 Å². The molecule has 0 saturated heterocycles. The van der Waals surface area contributed by atoms with Crippen LogP contribution in [0.2, 0.25) is 0 Å². The van der Waals surface area contributed by atoms with Crippen molar-refractivity contribution in [2.75, 3.05) is 7.05 Å². The Labute approximate surface area is 88.3 Å². The van der Waals surface area contributed by atoms with Crippen molar-refractivity contribution in [3.05, 3.63) is 35.3 Å².